The molecule has 0 saturated carbocycles. The molecule has 0 aliphatic carbocycles. The Morgan fingerprint density at radius 2 is 2.00 bits per heavy atom. The zero-order chi connectivity index (χ0) is 13.9. The van der Waals surface area contributed by atoms with Gasteiger partial charge < -0.3 is 4.90 Å². The number of benzene rings is 1. The minimum atomic E-state index is -0.299. The van der Waals surface area contributed by atoms with E-state index in [1.165, 1.54) is 12.1 Å². The predicted molar refractivity (Wildman–Crippen MR) is 71.8 cm³/mol. The van der Waals surface area contributed by atoms with Crippen LogP contribution in [0.4, 0.5) is 4.39 Å². The Balaban J connectivity index is 2.71. The van der Waals surface area contributed by atoms with E-state index in [4.69, 9.17) is 0 Å². The zero-order valence-corrected chi connectivity index (χ0v) is 11.8. The minimum Gasteiger partial charge on any atom is -0.342 e. The van der Waals surface area contributed by atoms with Crippen molar-refractivity contribution in [2.24, 2.45) is 5.41 Å². The molecule has 0 aliphatic rings. The molecular formula is C15H22FNO. The number of nitrogens with zero attached hydrogens (tertiary/aromatic N) is 1. The lowest BCUT2D eigenvalue weighted by Crippen LogP contribution is -2.43. The van der Waals surface area contributed by atoms with Crippen molar-refractivity contribution < 1.29 is 9.18 Å². The second-order valence-electron chi connectivity index (χ2n) is 5.85. The normalized spacial score (nSPS) is 13.2. The summed E-state index contributed by atoms with van der Waals surface area (Å²) >= 11 is 0. The third-order valence-electron chi connectivity index (χ3n) is 3.47. The van der Waals surface area contributed by atoms with Crippen LogP contribution in [0, 0.1) is 11.2 Å². The first kappa shape index (κ1) is 14.7. The molecule has 0 aliphatic heterocycles. The summed E-state index contributed by atoms with van der Waals surface area (Å²) in [6.07, 6.45) is 0.245. The van der Waals surface area contributed by atoms with Crippen LogP contribution in [0.15, 0.2) is 24.3 Å². The zero-order valence-electron chi connectivity index (χ0n) is 11.8. The fourth-order valence-electron chi connectivity index (χ4n) is 1.74. The Morgan fingerprint density at radius 1 is 1.39 bits per heavy atom. The number of carbonyl (C=O) groups excluding carboxylic acids is 1. The van der Waals surface area contributed by atoms with Gasteiger partial charge in [0.25, 0.3) is 0 Å². The lowest BCUT2D eigenvalue weighted by molar-refractivity contribution is -0.132. The molecule has 1 aromatic rings. The number of halogens is 1. The molecule has 0 aromatic heterocycles. The topological polar surface area (TPSA) is 20.3 Å². The monoisotopic (exact) mass is 251 g/mol. The minimum absolute atomic E-state index is 0.0167. The average Bonchev–Trinajstić information content (AvgIpc) is 2.25. The van der Waals surface area contributed by atoms with E-state index in [1.54, 1.807) is 24.1 Å². The number of rotatable bonds is 3. The van der Waals surface area contributed by atoms with E-state index in [0.29, 0.717) is 5.56 Å². The highest BCUT2D eigenvalue weighted by atomic mass is 19.1. The first-order valence-electron chi connectivity index (χ1n) is 6.22. The van der Waals surface area contributed by atoms with Crippen LogP contribution in [0.5, 0.6) is 0 Å². The molecule has 1 aromatic carbocycles. The molecule has 1 amide bonds. The Hall–Kier alpha value is -1.38. The molecule has 18 heavy (non-hydrogen) atoms. The third-order valence-corrected chi connectivity index (χ3v) is 3.47. The van der Waals surface area contributed by atoms with Crippen LogP contribution in [-0.2, 0) is 11.2 Å². The van der Waals surface area contributed by atoms with E-state index in [9.17, 15) is 9.18 Å². The van der Waals surface area contributed by atoms with Crippen molar-refractivity contribution in [1.29, 1.82) is 0 Å². The largest absolute Gasteiger partial charge is 0.342 e. The molecular weight excluding hydrogens is 229 g/mol. The van der Waals surface area contributed by atoms with Crippen molar-refractivity contribution in [3.8, 4) is 0 Å². The van der Waals surface area contributed by atoms with E-state index < -0.39 is 0 Å². The standard InChI is InChI=1S/C15H22FNO/c1-11(15(2,3)4)17(5)14(18)10-12-7-6-8-13(16)9-12/h6-9,11H,10H2,1-5H3/t11-/m0/s1. The fourth-order valence-corrected chi connectivity index (χ4v) is 1.74. The number of carbonyl (C=O) groups is 1. The van der Waals surface area contributed by atoms with Gasteiger partial charge in [-0.3, -0.25) is 4.79 Å². The molecule has 0 heterocycles. The number of likely N-dealkylation sites (N-methyl/N-ethyl adjacent to an activating group) is 1. The molecule has 100 valence electrons. The van der Waals surface area contributed by atoms with Gasteiger partial charge in [-0.1, -0.05) is 32.9 Å². The summed E-state index contributed by atoms with van der Waals surface area (Å²) in [5.41, 5.74) is 0.750. The highest BCUT2D eigenvalue weighted by Crippen LogP contribution is 2.23. The van der Waals surface area contributed by atoms with Crippen molar-refractivity contribution in [3.63, 3.8) is 0 Å². The van der Waals surface area contributed by atoms with E-state index in [1.807, 2.05) is 6.92 Å². The summed E-state index contributed by atoms with van der Waals surface area (Å²) in [7, 11) is 1.80. The predicted octanol–water partition coefficient (Wildman–Crippen LogP) is 3.26. The Morgan fingerprint density at radius 3 is 2.50 bits per heavy atom. The molecule has 0 spiro atoms. The van der Waals surface area contributed by atoms with Gasteiger partial charge in [0.05, 0.1) is 6.42 Å². The maximum absolute atomic E-state index is 13.0. The SMILES string of the molecule is C[C@H](N(C)C(=O)Cc1cccc(F)c1)C(C)(C)C. The van der Waals surface area contributed by atoms with Gasteiger partial charge in [-0.25, -0.2) is 4.39 Å². The van der Waals surface area contributed by atoms with Gasteiger partial charge in [0.15, 0.2) is 0 Å². The lowest BCUT2D eigenvalue weighted by atomic mass is 9.87. The molecule has 0 bridgehead atoms. The van der Waals surface area contributed by atoms with E-state index in [0.717, 1.165) is 0 Å². The highest BCUT2D eigenvalue weighted by molar-refractivity contribution is 5.78. The summed E-state index contributed by atoms with van der Waals surface area (Å²) in [5, 5.41) is 0. The molecule has 0 fully saturated rings. The van der Waals surface area contributed by atoms with Crippen molar-refractivity contribution in [2.75, 3.05) is 7.05 Å². The van der Waals surface area contributed by atoms with E-state index in [2.05, 4.69) is 20.8 Å². The average molecular weight is 251 g/mol. The lowest BCUT2D eigenvalue weighted by Gasteiger charge is -2.35. The number of amides is 1. The summed E-state index contributed by atoms with van der Waals surface area (Å²) in [4.78, 5) is 13.9. The Kier molecular flexibility index (Phi) is 4.49. The second kappa shape index (κ2) is 5.51. The van der Waals surface area contributed by atoms with Gasteiger partial charge in [0.2, 0.25) is 5.91 Å². The molecule has 0 saturated heterocycles. The molecule has 3 heteroatoms. The van der Waals surface area contributed by atoms with Crippen molar-refractivity contribution >= 4 is 5.91 Å². The van der Waals surface area contributed by atoms with Crippen LogP contribution >= 0.6 is 0 Å². The third kappa shape index (κ3) is 3.83. The van der Waals surface area contributed by atoms with Gasteiger partial charge in [0, 0.05) is 13.1 Å². The van der Waals surface area contributed by atoms with Crippen molar-refractivity contribution in [1.82, 2.24) is 4.90 Å². The van der Waals surface area contributed by atoms with Crippen molar-refractivity contribution in [2.45, 2.75) is 40.2 Å². The number of hydrogen-bond donors (Lipinski definition) is 0. The van der Waals surface area contributed by atoms with Crippen LogP contribution in [0.25, 0.3) is 0 Å². The van der Waals surface area contributed by atoms with Crippen LogP contribution in [0.1, 0.15) is 33.3 Å². The van der Waals surface area contributed by atoms with Gasteiger partial charge >= 0.3 is 0 Å². The van der Waals surface area contributed by atoms with Gasteiger partial charge in [-0.2, -0.15) is 0 Å². The molecule has 0 radical (unpaired) electrons. The van der Waals surface area contributed by atoms with Gasteiger partial charge in [-0.15, -0.1) is 0 Å². The first-order chi connectivity index (χ1) is 8.21. The maximum Gasteiger partial charge on any atom is 0.226 e. The summed E-state index contributed by atoms with van der Waals surface area (Å²) in [5.74, 6) is -0.283. The summed E-state index contributed by atoms with van der Waals surface area (Å²) in [6.45, 7) is 8.33. The molecule has 2 nitrogen and oxygen atoms in total. The fraction of sp³-hybridized carbons (Fsp3) is 0.533. The quantitative estimate of drug-likeness (QED) is 0.807. The molecule has 1 rings (SSSR count). The highest BCUT2D eigenvalue weighted by Gasteiger charge is 2.26. The van der Waals surface area contributed by atoms with Crippen LogP contribution in [0.3, 0.4) is 0 Å². The van der Waals surface area contributed by atoms with E-state index in [-0.39, 0.29) is 29.6 Å². The second-order valence-corrected chi connectivity index (χ2v) is 5.85. The van der Waals surface area contributed by atoms with Crippen LogP contribution in [-0.4, -0.2) is 23.9 Å². The van der Waals surface area contributed by atoms with E-state index >= 15 is 0 Å². The van der Waals surface area contributed by atoms with Gasteiger partial charge in [-0.05, 0) is 30.0 Å². The first-order valence-corrected chi connectivity index (χ1v) is 6.22. The number of hydrogen-bond acceptors (Lipinski definition) is 1. The Labute approximate surface area is 109 Å². The van der Waals surface area contributed by atoms with Crippen LogP contribution in [0.2, 0.25) is 0 Å². The molecule has 0 unspecified atom stereocenters. The van der Waals surface area contributed by atoms with Gasteiger partial charge in [0.1, 0.15) is 5.82 Å². The molecule has 0 N–H and O–H groups in total. The maximum atomic E-state index is 13.0. The van der Waals surface area contributed by atoms with Crippen molar-refractivity contribution in [3.05, 3.63) is 35.6 Å². The summed E-state index contributed by atoms with van der Waals surface area (Å²) in [6, 6.07) is 6.34. The molecule has 1 atom stereocenters. The smallest absolute Gasteiger partial charge is 0.226 e. The summed E-state index contributed by atoms with van der Waals surface area (Å²) < 4.78 is 13.0. The Bertz CT molecular complexity index is 423. The van der Waals surface area contributed by atoms with Crippen LogP contribution < -0.4 is 0 Å².